The third-order valence-corrected chi connectivity index (χ3v) is 5.03. The highest BCUT2D eigenvalue weighted by Crippen LogP contribution is 2.28. The van der Waals surface area contributed by atoms with Gasteiger partial charge in [-0.1, -0.05) is 39.7 Å². The van der Waals surface area contributed by atoms with E-state index in [-0.39, 0.29) is 5.91 Å². The molecule has 0 radical (unpaired) electrons. The van der Waals surface area contributed by atoms with Crippen molar-refractivity contribution in [3.8, 4) is 17.2 Å². The first kappa shape index (κ1) is 22.7. The molecule has 0 spiro atoms. The maximum atomic E-state index is 12.4. The Hall–Kier alpha value is -3.03. The topological polar surface area (TPSA) is 69.2 Å². The molecular formula is C23H20BrClN2O4. The predicted molar refractivity (Wildman–Crippen MR) is 125 cm³/mol. The van der Waals surface area contributed by atoms with E-state index in [0.717, 1.165) is 15.6 Å². The average Bonchev–Trinajstić information content (AvgIpc) is 2.78. The van der Waals surface area contributed by atoms with Crippen LogP contribution in [0, 0.1) is 0 Å². The average molecular weight is 504 g/mol. The molecule has 0 unspecified atom stereocenters. The number of nitrogens with zero attached hydrogens (tertiary/aromatic N) is 1. The molecule has 3 aromatic carbocycles. The van der Waals surface area contributed by atoms with Crippen molar-refractivity contribution in [3.05, 3.63) is 86.8 Å². The SMILES string of the molecule is COc1ccc(/C=N\NC(=O)c2cc(Br)ccc2OC)cc1OCc1ccc(Cl)cc1. The third-order valence-electron chi connectivity index (χ3n) is 4.28. The van der Waals surface area contributed by atoms with Gasteiger partial charge in [0.15, 0.2) is 11.5 Å². The first-order valence-electron chi connectivity index (χ1n) is 9.22. The van der Waals surface area contributed by atoms with Crippen molar-refractivity contribution in [1.82, 2.24) is 5.43 Å². The number of rotatable bonds is 8. The molecule has 0 aliphatic rings. The van der Waals surface area contributed by atoms with Crippen molar-refractivity contribution in [3.63, 3.8) is 0 Å². The summed E-state index contributed by atoms with van der Waals surface area (Å²) >= 11 is 9.27. The van der Waals surface area contributed by atoms with Gasteiger partial charge in [0.25, 0.3) is 5.91 Å². The van der Waals surface area contributed by atoms with Crippen molar-refractivity contribution in [1.29, 1.82) is 0 Å². The second-order valence-corrected chi connectivity index (χ2v) is 7.72. The first-order chi connectivity index (χ1) is 15.0. The van der Waals surface area contributed by atoms with Crippen LogP contribution >= 0.6 is 27.5 Å². The quantitative estimate of drug-likeness (QED) is 0.327. The van der Waals surface area contributed by atoms with E-state index in [2.05, 4.69) is 26.5 Å². The zero-order valence-corrected chi connectivity index (χ0v) is 19.2. The summed E-state index contributed by atoms with van der Waals surface area (Å²) in [4.78, 5) is 12.4. The Kier molecular flexibility index (Phi) is 7.92. The number of benzene rings is 3. The lowest BCUT2D eigenvalue weighted by Crippen LogP contribution is -2.18. The van der Waals surface area contributed by atoms with Crippen LogP contribution in [0.15, 0.2) is 70.2 Å². The molecule has 0 aromatic heterocycles. The molecule has 0 aliphatic heterocycles. The molecule has 0 saturated carbocycles. The normalized spacial score (nSPS) is 10.7. The minimum atomic E-state index is -0.387. The first-order valence-corrected chi connectivity index (χ1v) is 10.4. The van der Waals surface area contributed by atoms with Gasteiger partial charge in [-0.15, -0.1) is 0 Å². The maximum absolute atomic E-state index is 12.4. The van der Waals surface area contributed by atoms with Crippen LogP contribution in [0.25, 0.3) is 0 Å². The summed E-state index contributed by atoms with van der Waals surface area (Å²) in [6, 6.07) is 17.9. The maximum Gasteiger partial charge on any atom is 0.275 e. The van der Waals surface area contributed by atoms with Crippen molar-refractivity contribution in [2.24, 2.45) is 5.10 Å². The Morgan fingerprint density at radius 1 is 1.00 bits per heavy atom. The molecule has 3 aromatic rings. The van der Waals surface area contributed by atoms with Gasteiger partial charge in [-0.3, -0.25) is 4.79 Å². The van der Waals surface area contributed by atoms with Crippen LogP contribution in [0.5, 0.6) is 17.2 Å². The largest absolute Gasteiger partial charge is 0.496 e. The molecule has 1 amide bonds. The zero-order valence-electron chi connectivity index (χ0n) is 16.9. The molecular weight excluding hydrogens is 484 g/mol. The Morgan fingerprint density at radius 3 is 2.42 bits per heavy atom. The molecule has 0 heterocycles. The van der Waals surface area contributed by atoms with Crippen molar-refractivity contribution >= 4 is 39.7 Å². The van der Waals surface area contributed by atoms with Gasteiger partial charge >= 0.3 is 0 Å². The van der Waals surface area contributed by atoms with Gasteiger partial charge in [0.05, 0.1) is 26.0 Å². The number of hydrazone groups is 1. The lowest BCUT2D eigenvalue weighted by molar-refractivity contribution is 0.0952. The van der Waals surface area contributed by atoms with E-state index >= 15 is 0 Å². The second kappa shape index (κ2) is 10.8. The molecule has 1 N–H and O–H groups in total. The van der Waals surface area contributed by atoms with Gasteiger partial charge in [0, 0.05) is 9.50 Å². The number of nitrogens with one attached hydrogen (secondary N) is 1. The van der Waals surface area contributed by atoms with Crippen LogP contribution < -0.4 is 19.6 Å². The number of amides is 1. The molecule has 31 heavy (non-hydrogen) atoms. The lowest BCUT2D eigenvalue weighted by atomic mass is 10.2. The fraction of sp³-hybridized carbons (Fsp3) is 0.130. The fourth-order valence-corrected chi connectivity index (χ4v) is 3.20. The highest BCUT2D eigenvalue weighted by molar-refractivity contribution is 9.10. The molecule has 8 heteroatoms. The summed E-state index contributed by atoms with van der Waals surface area (Å²) in [6.07, 6.45) is 1.52. The Morgan fingerprint density at radius 2 is 1.71 bits per heavy atom. The summed E-state index contributed by atoms with van der Waals surface area (Å²) in [5, 5.41) is 4.71. The van der Waals surface area contributed by atoms with E-state index in [9.17, 15) is 4.79 Å². The van der Waals surface area contributed by atoms with Crippen LogP contribution in [-0.2, 0) is 6.61 Å². The Balaban J connectivity index is 1.69. The number of ether oxygens (including phenoxy) is 3. The van der Waals surface area contributed by atoms with E-state index in [1.807, 2.05) is 30.3 Å². The van der Waals surface area contributed by atoms with Gasteiger partial charge in [-0.25, -0.2) is 5.43 Å². The minimum Gasteiger partial charge on any atom is -0.496 e. The van der Waals surface area contributed by atoms with Gasteiger partial charge in [-0.05, 0) is 59.7 Å². The highest BCUT2D eigenvalue weighted by Gasteiger charge is 2.12. The van der Waals surface area contributed by atoms with Crippen LogP contribution in [0.4, 0.5) is 0 Å². The monoisotopic (exact) mass is 502 g/mol. The molecule has 3 rings (SSSR count). The zero-order chi connectivity index (χ0) is 22.2. The smallest absolute Gasteiger partial charge is 0.275 e. The van der Waals surface area contributed by atoms with Crippen LogP contribution in [0.3, 0.4) is 0 Å². The van der Waals surface area contributed by atoms with Gasteiger partial charge in [-0.2, -0.15) is 5.10 Å². The molecule has 0 saturated heterocycles. The Labute approximate surface area is 193 Å². The molecule has 0 fully saturated rings. The van der Waals surface area contributed by atoms with Gasteiger partial charge in [0.2, 0.25) is 0 Å². The van der Waals surface area contributed by atoms with E-state index in [1.54, 1.807) is 37.4 Å². The Bertz CT molecular complexity index is 1090. The molecule has 0 aliphatic carbocycles. The number of methoxy groups -OCH3 is 2. The van der Waals surface area contributed by atoms with Crippen LogP contribution in [0.1, 0.15) is 21.5 Å². The number of halogens is 2. The van der Waals surface area contributed by atoms with Crippen molar-refractivity contribution in [2.75, 3.05) is 14.2 Å². The molecule has 0 bridgehead atoms. The van der Waals surface area contributed by atoms with Crippen molar-refractivity contribution in [2.45, 2.75) is 6.61 Å². The van der Waals surface area contributed by atoms with E-state index < -0.39 is 0 Å². The molecule has 160 valence electrons. The summed E-state index contributed by atoms with van der Waals surface area (Å²) in [7, 11) is 3.08. The minimum absolute atomic E-state index is 0.355. The third kappa shape index (κ3) is 6.23. The van der Waals surface area contributed by atoms with Crippen molar-refractivity contribution < 1.29 is 19.0 Å². The van der Waals surface area contributed by atoms with E-state index in [1.165, 1.54) is 13.3 Å². The summed E-state index contributed by atoms with van der Waals surface area (Å²) < 4.78 is 17.3. The second-order valence-electron chi connectivity index (χ2n) is 6.37. The fourth-order valence-electron chi connectivity index (χ4n) is 2.71. The number of hydrogen-bond acceptors (Lipinski definition) is 5. The summed E-state index contributed by atoms with van der Waals surface area (Å²) in [5.74, 6) is 1.22. The summed E-state index contributed by atoms with van der Waals surface area (Å²) in [5.41, 5.74) is 4.58. The molecule has 6 nitrogen and oxygen atoms in total. The van der Waals surface area contributed by atoms with Gasteiger partial charge < -0.3 is 14.2 Å². The highest BCUT2D eigenvalue weighted by atomic mass is 79.9. The van der Waals surface area contributed by atoms with Crippen LogP contribution in [0.2, 0.25) is 5.02 Å². The standard InChI is InChI=1S/C23H20BrClN2O4/c1-29-20-10-6-17(24)12-19(20)23(28)27-26-13-16-5-9-21(30-2)22(11-16)31-14-15-3-7-18(25)8-4-15/h3-13H,14H2,1-2H3,(H,27,28)/b26-13-. The number of carbonyl (C=O) groups excluding carboxylic acids is 1. The van der Waals surface area contributed by atoms with E-state index in [4.69, 9.17) is 25.8 Å². The summed E-state index contributed by atoms with van der Waals surface area (Å²) in [6.45, 7) is 0.355. The number of hydrogen-bond donors (Lipinski definition) is 1. The lowest BCUT2D eigenvalue weighted by Gasteiger charge is -2.11. The molecule has 0 atom stereocenters. The van der Waals surface area contributed by atoms with Gasteiger partial charge in [0.1, 0.15) is 12.4 Å². The number of carbonyl (C=O) groups is 1. The predicted octanol–water partition coefficient (Wildman–Crippen LogP) is 5.46. The van der Waals surface area contributed by atoms with Crippen LogP contribution in [-0.4, -0.2) is 26.3 Å². The van der Waals surface area contributed by atoms with E-state index in [0.29, 0.717) is 34.4 Å².